The average Bonchev–Trinajstić information content (AvgIpc) is 2.44. The number of carbonyl (C=O) groups is 1. The van der Waals surface area contributed by atoms with Crippen LogP contribution in [0.1, 0.15) is 20.3 Å². The summed E-state index contributed by atoms with van der Waals surface area (Å²) in [5.41, 5.74) is 5.54. The van der Waals surface area contributed by atoms with Gasteiger partial charge in [0.15, 0.2) is 0 Å². The molecule has 0 spiro atoms. The molecule has 0 aliphatic rings. The van der Waals surface area contributed by atoms with Crippen molar-refractivity contribution in [1.29, 1.82) is 0 Å². The number of nitrogens with two attached hydrogens (primary N) is 1. The van der Waals surface area contributed by atoms with Crippen molar-refractivity contribution < 1.29 is 14.3 Å². The van der Waals surface area contributed by atoms with Crippen LogP contribution in [-0.4, -0.2) is 31.8 Å². The first-order chi connectivity index (χ1) is 9.03. The van der Waals surface area contributed by atoms with E-state index >= 15 is 0 Å². The number of ether oxygens (including phenoxy) is 2. The van der Waals surface area contributed by atoms with Gasteiger partial charge in [-0.15, -0.1) is 0 Å². The van der Waals surface area contributed by atoms with Gasteiger partial charge in [-0.2, -0.15) is 0 Å². The zero-order valence-electron chi connectivity index (χ0n) is 11.7. The summed E-state index contributed by atoms with van der Waals surface area (Å²) >= 11 is 0. The van der Waals surface area contributed by atoms with Crippen LogP contribution >= 0.6 is 0 Å². The number of para-hydroxylation sites is 2. The van der Waals surface area contributed by atoms with E-state index in [1.165, 1.54) is 7.11 Å². The summed E-state index contributed by atoms with van der Waals surface area (Å²) < 4.78 is 10.7. The van der Waals surface area contributed by atoms with Crippen LogP contribution in [0.5, 0.6) is 5.75 Å². The fourth-order valence-electron chi connectivity index (χ4n) is 1.52. The first-order valence-electron chi connectivity index (χ1n) is 6.34. The van der Waals surface area contributed by atoms with Gasteiger partial charge in [-0.3, -0.25) is 4.79 Å². The number of hydrogen-bond acceptors (Lipinski definition) is 4. The van der Waals surface area contributed by atoms with Crippen LogP contribution < -0.4 is 15.8 Å². The van der Waals surface area contributed by atoms with Crippen molar-refractivity contribution in [2.45, 2.75) is 25.9 Å². The maximum Gasteiger partial charge on any atom is 0.252 e. The van der Waals surface area contributed by atoms with Crippen LogP contribution in [0, 0.1) is 0 Å². The molecule has 1 aromatic rings. The molecule has 1 amide bonds. The van der Waals surface area contributed by atoms with Gasteiger partial charge in [-0.25, -0.2) is 0 Å². The quantitative estimate of drug-likeness (QED) is 0.580. The highest BCUT2D eigenvalue weighted by Crippen LogP contribution is 2.19. The van der Waals surface area contributed by atoms with Crippen LogP contribution in [0.4, 0.5) is 5.69 Å². The van der Waals surface area contributed by atoms with Crippen molar-refractivity contribution in [2.24, 2.45) is 0 Å². The zero-order chi connectivity index (χ0) is 14.3. The summed E-state index contributed by atoms with van der Waals surface area (Å²) in [6, 6.07) is 7.26. The number of hydrogen-bond donors (Lipinski definition) is 2. The summed E-state index contributed by atoms with van der Waals surface area (Å²) in [6.07, 6.45) is 0.613. The van der Waals surface area contributed by atoms with Gasteiger partial charge in [0.2, 0.25) is 0 Å². The van der Waals surface area contributed by atoms with E-state index < -0.39 is 5.60 Å². The van der Waals surface area contributed by atoms with Gasteiger partial charge in [0.1, 0.15) is 18.0 Å². The summed E-state index contributed by atoms with van der Waals surface area (Å²) in [5.74, 6) is 0.490. The Balaban J connectivity index is 2.36. The second kappa shape index (κ2) is 6.99. The molecule has 0 saturated carbocycles. The molecule has 0 aromatic heterocycles. The second-order valence-electron chi connectivity index (χ2n) is 4.43. The molecule has 1 aromatic carbocycles. The van der Waals surface area contributed by atoms with Crippen molar-refractivity contribution >= 4 is 11.6 Å². The number of nitrogen functional groups attached to an aromatic ring is 1. The van der Waals surface area contributed by atoms with Crippen molar-refractivity contribution in [1.82, 2.24) is 5.32 Å². The van der Waals surface area contributed by atoms with E-state index in [9.17, 15) is 4.79 Å². The normalized spacial score (nSPS) is 13.6. The maximum absolute atomic E-state index is 11.9. The molecule has 0 radical (unpaired) electrons. The molecule has 3 N–H and O–H groups in total. The average molecular weight is 266 g/mol. The van der Waals surface area contributed by atoms with E-state index in [2.05, 4.69) is 5.32 Å². The SMILES string of the molecule is CCC(C)(OC)C(=O)NCCOc1ccccc1N. The molecule has 19 heavy (non-hydrogen) atoms. The first kappa shape index (κ1) is 15.3. The summed E-state index contributed by atoms with van der Waals surface area (Å²) in [4.78, 5) is 11.9. The van der Waals surface area contributed by atoms with Crippen LogP contribution in [0.3, 0.4) is 0 Å². The number of anilines is 1. The van der Waals surface area contributed by atoms with Gasteiger partial charge in [-0.05, 0) is 25.5 Å². The largest absolute Gasteiger partial charge is 0.490 e. The van der Waals surface area contributed by atoms with Crippen molar-refractivity contribution in [3.05, 3.63) is 24.3 Å². The van der Waals surface area contributed by atoms with E-state index in [4.69, 9.17) is 15.2 Å². The molecular weight excluding hydrogens is 244 g/mol. The molecule has 0 fully saturated rings. The molecule has 0 saturated heterocycles. The topological polar surface area (TPSA) is 73.6 Å². The highest BCUT2D eigenvalue weighted by molar-refractivity contribution is 5.84. The molecular formula is C14H22N2O3. The lowest BCUT2D eigenvalue weighted by Crippen LogP contribution is -2.46. The summed E-state index contributed by atoms with van der Waals surface area (Å²) in [6.45, 7) is 4.44. The third kappa shape index (κ3) is 4.13. The van der Waals surface area contributed by atoms with Gasteiger partial charge in [0.05, 0.1) is 12.2 Å². The van der Waals surface area contributed by atoms with Crippen LogP contribution in [-0.2, 0) is 9.53 Å². The first-order valence-corrected chi connectivity index (χ1v) is 6.34. The molecule has 0 heterocycles. The highest BCUT2D eigenvalue weighted by Gasteiger charge is 2.30. The molecule has 1 rings (SSSR count). The monoisotopic (exact) mass is 266 g/mol. The predicted octanol–water partition coefficient (Wildman–Crippen LogP) is 1.58. The van der Waals surface area contributed by atoms with Crippen molar-refractivity contribution in [3.8, 4) is 5.75 Å². The Hall–Kier alpha value is -1.75. The van der Waals surface area contributed by atoms with E-state index in [1.54, 1.807) is 19.1 Å². The molecule has 0 aliphatic heterocycles. The van der Waals surface area contributed by atoms with E-state index in [1.807, 2.05) is 19.1 Å². The number of nitrogens with one attached hydrogen (secondary N) is 1. The summed E-state index contributed by atoms with van der Waals surface area (Å²) in [7, 11) is 1.53. The summed E-state index contributed by atoms with van der Waals surface area (Å²) in [5, 5.41) is 2.79. The molecule has 5 nitrogen and oxygen atoms in total. The molecule has 0 bridgehead atoms. The second-order valence-corrected chi connectivity index (χ2v) is 4.43. The lowest BCUT2D eigenvalue weighted by Gasteiger charge is -2.25. The number of carbonyl (C=O) groups excluding carboxylic acids is 1. The Morgan fingerprint density at radius 3 is 2.68 bits per heavy atom. The molecule has 1 unspecified atom stereocenters. The van der Waals surface area contributed by atoms with Crippen LogP contribution in [0.2, 0.25) is 0 Å². The Kier molecular flexibility index (Phi) is 5.63. The number of benzene rings is 1. The lowest BCUT2D eigenvalue weighted by molar-refractivity contribution is -0.141. The number of amides is 1. The van der Waals surface area contributed by atoms with Crippen molar-refractivity contribution in [2.75, 3.05) is 26.0 Å². The third-order valence-corrected chi connectivity index (χ3v) is 3.17. The van der Waals surface area contributed by atoms with E-state index in [0.717, 1.165) is 0 Å². The van der Waals surface area contributed by atoms with Gasteiger partial charge in [0.25, 0.3) is 5.91 Å². The van der Waals surface area contributed by atoms with Gasteiger partial charge < -0.3 is 20.5 Å². The van der Waals surface area contributed by atoms with Crippen LogP contribution in [0.15, 0.2) is 24.3 Å². The van der Waals surface area contributed by atoms with Gasteiger partial charge >= 0.3 is 0 Å². The maximum atomic E-state index is 11.9. The minimum atomic E-state index is -0.786. The number of methoxy groups -OCH3 is 1. The van der Waals surface area contributed by atoms with E-state index in [0.29, 0.717) is 31.0 Å². The smallest absolute Gasteiger partial charge is 0.252 e. The molecule has 0 aliphatic carbocycles. The fourth-order valence-corrected chi connectivity index (χ4v) is 1.52. The zero-order valence-corrected chi connectivity index (χ0v) is 11.7. The van der Waals surface area contributed by atoms with Crippen LogP contribution in [0.25, 0.3) is 0 Å². The Bertz CT molecular complexity index is 417. The molecule has 106 valence electrons. The fraction of sp³-hybridized carbons (Fsp3) is 0.500. The number of rotatable bonds is 7. The van der Waals surface area contributed by atoms with Crippen molar-refractivity contribution in [3.63, 3.8) is 0 Å². The van der Waals surface area contributed by atoms with E-state index in [-0.39, 0.29) is 5.91 Å². The van der Waals surface area contributed by atoms with Gasteiger partial charge in [-0.1, -0.05) is 19.1 Å². The minimum Gasteiger partial charge on any atom is -0.490 e. The Morgan fingerprint density at radius 1 is 1.42 bits per heavy atom. The third-order valence-electron chi connectivity index (χ3n) is 3.17. The molecule has 5 heteroatoms. The standard InChI is InChI=1S/C14H22N2O3/c1-4-14(2,18-3)13(17)16-9-10-19-12-8-6-5-7-11(12)15/h5-8H,4,9-10,15H2,1-3H3,(H,16,17). The minimum absolute atomic E-state index is 0.137. The Morgan fingerprint density at radius 2 is 2.11 bits per heavy atom. The highest BCUT2D eigenvalue weighted by atomic mass is 16.5. The van der Waals surface area contributed by atoms with Gasteiger partial charge in [0, 0.05) is 7.11 Å². The molecule has 1 atom stereocenters. The lowest BCUT2D eigenvalue weighted by atomic mass is 10.0. The Labute approximate surface area is 114 Å². The predicted molar refractivity (Wildman–Crippen MR) is 75.1 cm³/mol.